The minimum atomic E-state index is -0.566. The first-order valence-electron chi connectivity index (χ1n) is 12.3. The van der Waals surface area contributed by atoms with E-state index in [2.05, 4.69) is 17.4 Å². The van der Waals surface area contributed by atoms with Crippen LogP contribution in [0.25, 0.3) is 0 Å². The van der Waals surface area contributed by atoms with E-state index in [4.69, 9.17) is 16.3 Å². The van der Waals surface area contributed by atoms with Gasteiger partial charge in [0.15, 0.2) is 5.78 Å². The predicted octanol–water partition coefficient (Wildman–Crippen LogP) is 6.49. The first-order chi connectivity index (χ1) is 17.5. The first kappa shape index (κ1) is 24.1. The molecule has 36 heavy (non-hydrogen) atoms. The third-order valence-electron chi connectivity index (χ3n) is 7.00. The van der Waals surface area contributed by atoms with Crippen molar-refractivity contribution in [2.45, 2.75) is 38.0 Å². The van der Waals surface area contributed by atoms with Crippen molar-refractivity contribution in [3.63, 3.8) is 0 Å². The van der Waals surface area contributed by atoms with Crippen LogP contribution in [0.4, 0.5) is 0 Å². The molecule has 2 aliphatic rings. The lowest BCUT2D eigenvalue weighted by atomic mass is 9.71. The van der Waals surface area contributed by atoms with Gasteiger partial charge in [-0.05, 0) is 42.0 Å². The molecule has 0 radical (unpaired) electrons. The number of allylic oxidation sites excluding steroid dienone is 3. The zero-order valence-electron chi connectivity index (χ0n) is 20.2. The zero-order valence-corrected chi connectivity index (χ0v) is 20.9. The molecule has 1 aliphatic carbocycles. The summed E-state index contributed by atoms with van der Waals surface area (Å²) in [7, 11) is 0. The summed E-state index contributed by atoms with van der Waals surface area (Å²) in [6, 6.07) is 27.4. The molecule has 0 unspecified atom stereocenters. The van der Waals surface area contributed by atoms with Crippen molar-refractivity contribution in [1.29, 1.82) is 0 Å². The molecule has 2 atom stereocenters. The third-order valence-corrected chi connectivity index (χ3v) is 7.35. The van der Waals surface area contributed by atoms with Gasteiger partial charge < -0.3 is 10.1 Å². The van der Waals surface area contributed by atoms with Crippen molar-refractivity contribution in [3.8, 4) is 0 Å². The van der Waals surface area contributed by atoms with Gasteiger partial charge in [0.25, 0.3) is 0 Å². The quantitative estimate of drug-likeness (QED) is 0.395. The Morgan fingerprint density at radius 3 is 2.33 bits per heavy atom. The van der Waals surface area contributed by atoms with Gasteiger partial charge in [0.05, 0.1) is 12.2 Å². The second kappa shape index (κ2) is 10.5. The lowest BCUT2D eigenvalue weighted by Crippen LogP contribution is -2.36. The summed E-state index contributed by atoms with van der Waals surface area (Å²) < 4.78 is 5.74. The maximum atomic E-state index is 13.7. The van der Waals surface area contributed by atoms with Crippen LogP contribution in [0.2, 0.25) is 5.02 Å². The van der Waals surface area contributed by atoms with E-state index in [9.17, 15) is 9.59 Å². The Labute approximate surface area is 216 Å². The molecule has 4 nitrogen and oxygen atoms in total. The van der Waals surface area contributed by atoms with Gasteiger partial charge in [-0.2, -0.15) is 0 Å². The Kier molecular flexibility index (Phi) is 7.06. The number of benzene rings is 3. The largest absolute Gasteiger partial charge is 0.462 e. The van der Waals surface area contributed by atoms with Gasteiger partial charge in [-0.25, -0.2) is 4.79 Å². The van der Waals surface area contributed by atoms with Crippen LogP contribution in [0.5, 0.6) is 0 Å². The minimum absolute atomic E-state index is 0.0320. The number of Topliss-reactive ketones (excluding diaryl/α,β-unsaturated/α-hetero) is 1. The van der Waals surface area contributed by atoms with Crippen LogP contribution in [0.15, 0.2) is 107 Å². The van der Waals surface area contributed by atoms with Gasteiger partial charge in [-0.3, -0.25) is 4.79 Å². The van der Waals surface area contributed by atoms with E-state index in [0.717, 1.165) is 22.4 Å². The number of nitrogens with one attached hydrogen (secondary N) is 1. The minimum Gasteiger partial charge on any atom is -0.462 e. The average molecular weight is 498 g/mol. The standard InChI is InChI=1S/C31H28ClNO3/c1-20-28(31(35)36-17-16-21-10-4-2-5-11-21)29(24-14-8-9-15-25(24)32)30-26(33-20)18-23(19-27(30)34)22-12-6-3-7-13-22/h2-15,23,29,33H,16-19H2,1H3/t23-,29+/m0/s1. The lowest BCUT2D eigenvalue weighted by molar-refractivity contribution is -0.139. The molecule has 1 aliphatic heterocycles. The van der Waals surface area contributed by atoms with E-state index in [1.807, 2.05) is 73.7 Å². The van der Waals surface area contributed by atoms with Crippen LogP contribution in [-0.4, -0.2) is 18.4 Å². The summed E-state index contributed by atoms with van der Waals surface area (Å²) in [4.78, 5) is 27.1. The number of ketones is 1. The molecule has 0 saturated heterocycles. The molecular formula is C31H28ClNO3. The second-order valence-corrected chi connectivity index (χ2v) is 9.73. The molecule has 0 saturated carbocycles. The van der Waals surface area contributed by atoms with Gasteiger partial charge in [-0.15, -0.1) is 0 Å². The molecule has 3 aromatic rings. The Balaban J connectivity index is 1.47. The summed E-state index contributed by atoms with van der Waals surface area (Å²) in [6.45, 7) is 2.13. The smallest absolute Gasteiger partial charge is 0.336 e. The van der Waals surface area contributed by atoms with Gasteiger partial charge in [0, 0.05) is 40.7 Å². The SMILES string of the molecule is CC1=C(C(=O)OCCc2ccccc2)[C@@H](c2ccccc2Cl)C2=C(C[C@H](c3ccccc3)CC2=O)N1. The van der Waals surface area contributed by atoms with Crippen LogP contribution < -0.4 is 5.32 Å². The third kappa shape index (κ3) is 4.87. The maximum Gasteiger partial charge on any atom is 0.336 e. The number of hydrogen-bond acceptors (Lipinski definition) is 4. The van der Waals surface area contributed by atoms with Crippen molar-refractivity contribution in [2.24, 2.45) is 0 Å². The summed E-state index contributed by atoms with van der Waals surface area (Å²) in [5.74, 6) is -0.873. The van der Waals surface area contributed by atoms with Gasteiger partial charge in [-0.1, -0.05) is 90.5 Å². The molecule has 0 fully saturated rings. The Hall–Kier alpha value is -3.63. The molecule has 0 aromatic heterocycles. The van der Waals surface area contributed by atoms with Crippen LogP contribution >= 0.6 is 11.6 Å². The van der Waals surface area contributed by atoms with E-state index in [0.29, 0.717) is 41.1 Å². The molecule has 3 aromatic carbocycles. The van der Waals surface area contributed by atoms with Crippen molar-refractivity contribution in [3.05, 3.63) is 129 Å². The second-order valence-electron chi connectivity index (χ2n) is 9.32. The fourth-order valence-electron chi connectivity index (χ4n) is 5.27. The average Bonchev–Trinajstić information content (AvgIpc) is 2.89. The monoisotopic (exact) mass is 497 g/mol. The number of carbonyl (C=O) groups is 2. The van der Waals surface area contributed by atoms with Crippen molar-refractivity contribution in [2.75, 3.05) is 6.61 Å². The zero-order chi connectivity index (χ0) is 25.1. The van der Waals surface area contributed by atoms with E-state index in [1.54, 1.807) is 6.07 Å². The molecule has 1 heterocycles. The molecule has 0 spiro atoms. The van der Waals surface area contributed by atoms with Crippen LogP contribution in [-0.2, 0) is 20.7 Å². The number of hydrogen-bond donors (Lipinski definition) is 1. The summed E-state index contributed by atoms with van der Waals surface area (Å²) in [5.41, 5.74) is 5.61. The Morgan fingerprint density at radius 1 is 0.944 bits per heavy atom. The van der Waals surface area contributed by atoms with Crippen LogP contribution in [0.3, 0.4) is 0 Å². The molecule has 182 valence electrons. The first-order valence-corrected chi connectivity index (χ1v) is 12.6. The summed E-state index contributed by atoms with van der Waals surface area (Å²) in [6.07, 6.45) is 1.70. The topological polar surface area (TPSA) is 55.4 Å². The Bertz CT molecular complexity index is 1340. The maximum absolute atomic E-state index is 13.7. The van der Waals surface area contributed by atoms with Crippen LogP contribution in [0, 0.1) is 0 Å². The highest BCUT2D eigenvalue weighted by atomic mass is 35.5. The van der Waals surface area contributed by atoms with Crippen LogP contribution in [0.1, 0.15) is 48.3 Å². The highest BCUT2D eigenvalue weighted by molar-refractivity contribution is 6.31. The molecule has 5 rings (SSSR count). The summed E-state index contributed by atoms with van der Waals surface area (Å²) >= 11 is 6.63. The molecule has 0 amide bonds. The van der Waals surface area contributed by atoms with Gasteiger partial charge in [0.1, 0.15) is 0 Å². The van der Waals surface area contributed by atoms with Crippen molar-refractivity contribution in [1.82, 2.24) is 5.32 Å². The number of rotatable bonds is 6. The molecule has 0 bridgehead atoms. The van der Waals surface area contributed by atoms with Gasteiger partial charge >= 0.3 is 5.97 Å². The van der Waals surface area contributed by atoms with Crippen molar-refractivity contribution < 1.29 is 14.3 Å². The number of halogens is 1. The molecule has 1 N–H and O–H groups in total. The lowest BCUT2D eigenvalue weighted by Gasteiger charge is -2.37. The number of dihydropyridines is 1. The highest BCUT2D eigenvalue weighted by Gasteiger charge is 2.42. The molecule has 5 heteroatoms. The van der Waals surface area contributed by atoms with E-state index < -0.39 is 11.9 Å². The van der Waals surface area contributed by atoms with E-state index in [1.165, 1.54) is 0 Å². The number of carbonyl (C=O) groups excluding carboxylic acids is 2. The highest BCUT2D eigenvalue weighted by Crippen LogP contribution is 2.47. The van der Waals surface area contributed by atoms with E-state index >= 15 is 0 Å². The predicted molar refractivity (Wildman–Crippen MR) is 142 cm³/mol. The number of esters is 1. The summed E-state index contributed by atoms with van der Waals surface area (Å²) in [5, 5.41) is 3.93. The van der Waals surface area contributed by atoms with E-state index in [-0.39, 0.29) is 18.3 Å². The van der Waals surface area contributed by atoms with Crippen molar-refractivity contribution >= 4 is 23.4 Å². The fraction of sp³-hybridized carbons (Fsp3) is 0.226. The fourth-order valence-corrected chi connectivity index (χ4v) is 5.52. The van der Waals surface area contributed by atoms with Gasteiger partial charge in [0.2, 0.25) is 0 Å². The number of ether oxygens (including phenoxy) is 1. The normalized spacial score (nSPS) is 19.6. The Morgan fingerprint density at radius 2 is 1.61 bits per heavy atom. The molecular weight excluding hydrogens is 470 g/mol.